The zero-order valence-electron chi connectivity index (χ0n) is 13.8. The van der Waals surface area contributed by atoms with Gasteiger partial charge in [0.25, 0.3) is 0 Å². The van der Waals surface area contributed by atoms with E-state index >= 15 is 0 Å². The number of carbonyl (C=O) groups is 1. The summed E-state index contributed by atoms with van der Waals surface area (Å²) in [5.74, 6) is 0. The topological polar surface area (TPSA) is 51.7 Å². The molecule has 0 radical (unpaired) electrons. The summed E-state index contributed by atoms with van der Waals surface area (Å²) in [5, 5.41) is 0. The smallest absolute Gasteiger partial charge is 0.410 e. The molecule has 2 aliphatic heterocycles. The lowest BCUT2D eigenvalue weighted by Crippen LogP contribution is -2.46. The number of aromatic nitrogens is 1. The molecule has 0 N–H and O–H groups in total. The van der Waals surface area contributed by atoms with Crippen LogP contribution in [0.4, 0.5) is 4.79 Å². The number of amides is 1. The number of carbonyl (C=O) groups excluding carboxylic acids is 1. The molecule has 1 aromatic heterocycles. The van der Waals surface area contributed by atoms with Crippen LogP contribution in [0.3, 0.4) is 0 Å². The first kappa shape index (κ1) is 15.3. The van der Waals surface area contributed by atoms with Gasteiger partial charge in [-0.15, -0.1) is 0 Å². The Balaban J connectivity index is 1.71. The summed E-state index contributed by atoms with van der Waals surface area (Å²) in [5.41, 5.74) is 2.67. The zero-order chi connectivity index (χ0) is 16.0. The first-order valence-electron chi connectivity index (χ1n) is 7.87. The average molecular weight is 304 g/mol. The molecule has 3 heterocycles. The molecule has 120 valence electrons. The van der Waals surface area contributed by atoms with Gasteiger partial charge in [0.2, 0.25) is 0 Å². The van der Waals surface area contributed by atoms with Crippen LogP contribution in [0.5, 0.6) is 0 Å². The molecule has 0 atom stereocenters. The van der Waals surface area contributed by atoms with Gasteiger partial charge in [-0.3, -0.25) is 4.98 Å². The molecular weight excluding hydrogens is 280 g/mol. The molecule has 1 saturated heterocycles. The Labute approximate surface area is 131 Å². The molecule has 0 aliphatic carbocycles. The van der Waals surface area contributed by atoms with Crippen molar-refractivity contribution >= 4 is 6.09 Å². The molecule has 5 heteroatoms. The minimum Gasteiger partial charge on any atom is -0.444 e. The molecule has 0 saturated carbocycles. The standard InChI is InChI=1S/C17H24N2O3/c1-12-9-13-14(18-10-12)11-21-17(13)5-7-19(8-6-17)15(20)22-16(2,3)4/h9-10H,5-8,11H2,1-4H3. The lowest BCUT2D eigenvalue weighted by Gasteiger charge is -2.39. The molecule has 0 aromatic carbocycles. The van der Waals surface area contributed by atoms with Crippen molar-refractivity contribution in [2.24, 2.45) is 0 Å². The second-order valence-corrected chi connectivity index (χ2v) is 7.26. The van der Waals surface area contributed by atoms with Gasteiger partial charge < -0.3 is 14.4 Å². The SMILES string of the molecule is Cc1cnc2c(c1)C1(CCN(C(=O)OC(C)(C)C)CC1)OC2. The second kappa shape index (κ2) is 5.23. The molecule has 22 heavy (non-hydrogen) atoms. The van der Waals surface area contributed by atoms with E-state index < -0.39 is 5.60 Å². The zero-order valence-corrected chi connectivity index (χ0v) is 13.8. The Morgan fingerprint density at radius 2 is 2.05 bits per heavy atom. The van der Waals surface area contributed by atoms with Crippen LogP contribution in [0.2, 0.25) is 0 Å². The summed E-state index contributed by atoms with van der Waals surface area (Å²) in [6.45, 7) is 9.60. The summed E-state index contributed by atoms with van der Waals surface area (Å²) in [6.07, 6.45) is 3.24. The van der Waals surface area contributed by atoms with Crippen LogP contribution in [-0.4, -0.2) is 34.7 Å². The Kier molecular flexibility index (Phi) is 3.63. The van der Waals surface area contributed by atoms with Gasteiger partial charge in [-0.05, 0) is 52.2 Å². The van der Waals surface area contributed by atoms with Crippen LogP contribution in [0, 0.1) is 6.92 Å². The number of nitrogens with zero attached hydrogens (tertiary/aromatic N) is 2. The largest absolute Gasteiger partial charge is 0.444 e. The van der Waals surface area contributed by atoms with Crippen LogP contribution in [0.25, 0.3) is 0 Å². The minimum atomic E-state index is -0.455. The molecule has 2 aliphatic rings. The van der Waals surface area contributed by atoms with Crippen molar-refractivity contribution in [3.05, 3.63) is 29.1 Å². The van der Waals surface area contributed by atoms with Crippen LogP contribution >= 0.6 is 0 Å². The number of rotatable bonds is 0. The highest BCUT2D eigenvalue weighted by atomic mass is 16.6. The lowest BCUT2D eigenvalue weighted by atomic mass is 9.84. The van der Waals surface area contributed by atoms with Crippen LogP contribution < -0.4 is 0 Å². The van der Waals surface area contributed by atoms with Crippen molar-refractivity contribution in [3.63, 3.8) is 0 Å². The third-order valence-corrected chi connectivity index (χ3v) is 4.31. The van der Waals surface area contributed by atoms with Crippen molar-refractivity contribution < 1.29 is 14.3 Å². The quantitative estimate of drug-likeness (QED) is 0.739. The highest BCUT2D eigenvalue weighted by Crippen LogP contribution is 2.43. The van der Waals surface area contributed by atoms with E-state index in [0.717, 1.165) is 24.1 Å². The number of likely N-dealkylation sites (tertiary alicyclic amines) is 1. The van der Waals surface area contributed by atoms with Gasteiger partial charge in [-0.2, -0.15) is 0 Å². The van der Waals surface area contributed by atoms with E-state index in [1.165, 1.54) is 5.56 Å². The van der Waals surface area contributed by atoms with Crippen molar-refractivity contribution in [3.8, 4) is 0 Å². The van der Waals surface area contributed by atoms with E-state index in [-0.39, 0.29) is 11.7 Å². The van der Waals surface area contributed by atoms with Gasteiger partial charge in [-0.25, -0.2) is 4.79 Å². The number of fused-ring (bicyclic) bond motifs is 2. The van der Waals surface area contributed by atoms with Gasteiger partial charge >= 0.3 is 6.09 Å². The van der Waals surface area contributed by atoms with Crippen LogP contribution in [-0.2, 0) is 21.7 Å². The van der Waals surface area contributed by atoms with E-state index in [1.54, 1.807) is 4.90 Å². The summed E-state index contributed by atoms with van der Waals surface area (Å²) in [6, 6.07) is 2.18. The Morgan fingerprint density at radius 1 is 1.36 bits per heavy atom. The Hall–Kier alpha value is -1.62. The Bertz CT molecular complexity index is 584. The van der Waals surface area contributed by atoms with Gasteiger partial charge in [0.1, 0.15) is 5.60 Å². The number of pyridine rings is 1. The molecule has 1 aromatic rings. The van der Waals surface area contributed by atoms with Crippen molar-refractivity contribution in [2.75, 3.05) is 13.1 Å². The fourth-order valence-electron chi connectivity index (χ4n) is 3.18. The summed E-state index contributed by atoms with van der Waals surface area (Å²) < 4.78 is 11.5. The normalized spacial score (nSPS) is 20.1. The summed E-state index contributed by atoms with van der Waals surface area (Å²) in [4.78, 5) is 18.4. The van der Waals surface area contributed by atoms with Crippen LogP contribution in [0.1, 0.15) is 50.4 Å². The fraction of sp³-hybridized carbons (Fsp3) is 0.647. The van der Waals surface area contributed by atoms with Gasteiger partial charge in [0.15, 0.2) is 0 Å². The molecule has 1 spiro atoms. The number of piperidine rings is 1. The van der Waals surface area contributed by atoms with E-state index in [1.807, 2.05) is 27.0 Å². The lowest BCUT2D eigenvalue weighted by molar-refractivity contribution is -0.0800. The van der Waals surface area contributed by atoms with Crippen molar-refractivity contribution in [1.82, 2.24) is 9.88 Å². The Morgan fingerprint density at radius 3 is 2.68 bits per heavy atom. The number of ether oxygens (including phenoxy) is 2. The highest BCUT2D eigenvalue weighted by molar-refractivity contribution is 5.68. The molecular formula is C17H24N2O3. The molecule has 3 rings (SSSR count). The maximum atomic E-state index is 12.2. The molecule has 1 amide bonds. The van der Waals surface area contributed by atoms with E-state index in [0.29, 0.717) is 19.7 Å². The first-order chi connectivity index (χ1) is 10.3. The van der Waals surface area contributed by atoms with Gasteiger partial charge in [0, 0.05) is 24.8 Å². The summed E-state index contributed by atoms with van der Waals surface area (Å²) >= 11 is 0. The molecule has 1 fully saturated rings. The van der Waals surface area contributed by atoms with E-state index in [2.05, 4.69) is 18.0 Å². The highest BCUT2D eigenvalue weighted by Gasteiger charge is 2.44. The fourth-order valence-corrected chi connectivity index (χ4v) is 3.18. The molecule has 5 nitrogen and oxygen atoms in total. The molecule has 0 unspecified atom stereocenters. The predicted molar refractivity (Wildman–Crippen MR) is 82.5 cm³/mol. The van der Waals surface area contributed by atoms with Crippen molar-refractivity contribution in [2.45, 2.75) is 58.3 Å². The third-order valence-electron chi connectivity index (χ3n) is 4.31. The number of hydrogen-bond donors (Lipinski definition) is 0. The molecule has 0 bridgehead atoms. The minimum absolute atomic E-state index is 0.233. The maximum absolute atomic E-state index is 12.2. The second-order valence-electron chi connectivity index (χ2n) is 7.26. The first-order valence-corrected chi connectivity index (χ1v) is 7.87. The average Bonchev–Trinajstić information content (AvgIpc) is 2.76. The maximum Gasteiger partial charge on any atom is 0.410 e. The van der Waals surface area contributed by atoms with Gasteiger partial charge in [0.05, 0.1) is 17.9 Å². The van der Waals surface area contributed by atoms with Gasteiger partial charge in [-0.1, -0.05) is 0 Å². The van der Waals surface area contributed by atoms with Crippen molar-refractivity contribution in [1.29, 1.82) is 0 Å². The monoisotopic (exact) mass is 304 g/mol. The van der Waals surface area contributed by atoms with E-state index in [4.69, 9.17) is 9.47 Å². The van der Waals surface area contributed by atoms with E-state index in [9.17, 15) is 4.79 Å². The summed E-state index contributed by atoms with van der Waals surface area (Å²) in [7, 11) is 0. The number of hydrogen-bond acceptors (Lipinski definition) is 4. The predicted octanol–water partition coefficient (Wildman–Crippen LogP) is 3.15. The third kappa shape index (κ3) is 2.82. The van der Waals surface area contributed by atoms with Crippen LogP contribution in [0.15, 0.2) is 12.3 Å². The number of aryl methyl sites for hydroxylation is 1.